The summed E-state index contributed by atoms with van der Waals surface area (Å²) in [4.78, 5) is 33.1. The predicted octanol–water partition coefficient (Wildman–Crippen LogP) is 4.64. The second kappa shape index (κ2) is 9.08. The van der Waals surface area contributed by atoms with E-state index >= 15 is 0 Å². The van der Waals surface area contributed by atoms with Gasteiger partial charge in [-0.25, -0.2) is 4.98 Å². The second-order valence-electron chi connectivity index (χ2n) is 10.4. The first-order valence-electron chi connectivity index (χ1n) is 12.0. The summed E-state index contributed by atoms with van der Waals surface area (Å²) in [5.74, 6) is 1.31. The van der Waals surface area contributed by atoms with Gasteiger partial charge in [0.15, 0.2) is 5.69 Å². The molecule has 172 valence electrons. The first-order valence-corrected chi connectivity index (χ1v) is 12.0. The van der Waals surface area contributed by atoms with Gasteiger partial charge in [0.1, 0.15) is 5.82 Å². The first kappa shape index (κ1) is 22.6. The van der Waals surface area contributed by atoms with E-state index < -0.39 is 5.41 Å². The van der Waals surface area contributed by atoms with E-state index in [4.69, 9.17) is 4.98 Å². The lowest BCUT2D eigenvalue weighted by Gasteiger charge is -2.34. The Labute approximate surface area is 191 Å². The van der Waals surface area contributed by atoms with Crippen molar-refractivity contribution in [2.24, 2.45) is 11.3 Å². The van der Waals surface area contributed by atoms with Crippen LogP contribution >= 0.6 is 0 Å². The van der Waals surface area contributed by atoms with Gasteiger partial charge in [-0.15, -0.1) is 0 Å². The maximum absolute atomic E-state index is 13.4. The Morgan fingerprint density at radius 1 is 1.06 bits per heavy atom. The van der Waals surface area contributed by atoms with Crippen molar-refractivity contribution in [1.82, 2.24) is 19.8 Å². The van der Waals surface area contributed by atoms with Crippen molar-refractivity contribution >= 4 is 11.8 Å². The lowest BCUT2D eigenvalue weighted by molar-refractivity contribution is -0.141. The smallest absolute Gasteiger partial charge is 0.272 e. The highest BCUT2D eigenvalue weighted by Gasteiger charge is 2.34. The van der Waals surface area contributed by atoms with Gasteiger partial charge in [-0.2, -0.15) is 0 Å². The number of hydrogen-bond donors (Lipinski definition) is 1. The van der Waals surface area contributed by atoms with Crippen LogP contribution in [0, 0.1) is 11.3 Å². The SMILES string of the molecule is CC(NC(=O)c1nc(-c2ccccc2)n2c1CN(C(=O)C(C)(C)C)CC2)C1CCCCC1. The summed E-state index contributed by atoms with van der Waals surface area (Å²) in [6, 6.07) is 10.1. The zero-order chi connectivity index (χ0) is 22.9. The van der Waals surface area contributed by atoms with Gasteiger partial charge in [0, 0.05) is 30.1 Å². The highest BCUT2D eigenvalue weighted by atomic mass is 16.2. The highest BCUT2D eigenvalue weighted by molar-refractivity contribution is 5.95. The van der Waals surface area contributed by atoms with E-state index in [1.807, 2.05) is 56.0 Å². The van der Waals surface area contributed by atoms with Crippen LogP contribution in [-0.4, -0.2) is 38.9 Å². The molecule has 1 aliphatic carbocycles. The molecular formula is C26H36N4O2. The third kappa shape index (κ3) is 4.59. The molecule has 0 radical (unpaired) electrons. The van der Waals surface area contributed by atoms with Crippen molar-refractivity contribution < 1.29 is 9.59 Å². The van der Waals surface area contributed by atoms with Gasteiger partial charge in [0.25, 0.3) is 5.91 Å². The molecule has 6 nitrogen and oxygen atoms in total. The van der Waals surface area contributed by atoms with E-state index in [1.54, 1.807) is 0 Å². The van der Waals surface area contributed by atoms with Crippen LogP contribution in [0.3, 0.4) is 0 Å². The molecule has 2 aliphatic rings. The third-order valence-electron chi connectivity index (χ3n) is 6.90. The van der Waals surface area contributed by atoms with Crippen molar-refractivity contribution in [1.29, 1.82) is 0 Å². The maximum atomic E-state index is 13.4. The summed E-state index contributed by atoms with van der Waals surface area (Å²) in [5, 5.41) is 3.24. The molecule has 0 bridgehead atoms. The minimum atomic E-state index is -0.456. The van der Waals surface area contributed by atoms with Gasteiger partial charge in [-0.3, -0.25) is 9.59 Å². The van der Waals surface area contributed by atoms with Gasteiger partial charge in [-0.05, 0) is 25.7 Å². The number of fused-ring (bicyclic) bond motifs is 1. The average molecular weight is 437 g/mol. The number of nitrogens with zero attached hydrogens (tertiary/aromatic N) is 3. The minimum absolute atomic E-state index is 0.105. The van der Waals surface area contributed by atoms with E-state index in [0.717, 1.165) is 17.1 Å². The maximum Gasteiger partial charge on any atom is 0.272 e. The van der Waals surface area contributed by atoms with Crippen molar-refractivity contribution in [3.63, 3.8) is 0 Å². The molecule has 2 aromatic rings. The molecular weight excluding hydrogens is 400 g/mol. The number of hydrogen-bond acceptors (Lipinski definition) is 3. The van der Waals surface area contributed by atoms with Gasteiger partial charge in [0.05, 0.1) is 12.2 Å². The fourth-order valence-electron chi connectivity index (χ4n) is 5.03. The van der Waals surface area contributed by atoms with Crippen molar-refractivity contribution in [3.8, 4) is 11.4 Å². The molecule has 2 amide bonds. The molecule has 2 heterocycles. The van der Waals surface area contributed by atoms with Gasteiger partial charge >= 0.3 is 0 Å². The van der Waals surface area contributed by atoms with Crippen LogP contribution < -0.4 is 5.32 Å². The lowest BCUT2D eigenvalue weighted by atomic mass is 9.84. The quantitative estimate of drug-likeness (QED) is 0.759. The van der Waals surface area contributed by atoms with Gasteiger partial charge in [-0.1, -0.05) is 70.4 Å². The Hall–Kier alpha value is -2.63. The highest BCUT2D eigenvalue weighted by Crippen LogP contribution is 2.30. The predicted molar refractivity (Wildman–Crippen MR) is 126 cm³/mol. The summed E-state index contributed by atoms with van der Waals surface area (Å²) in [5.41, 5.74) is 1.82. The van der Waals surface area contributed by atoms with Crippen LogP contribution in [0.15, 0.2) is 30.3 Å². The first-order chi connectivity index (χ1) is 15.3. The van der Waals surface area contributed by atoms with E-state index in [-0.39, 0.29) is 17.9 Å². The Morgan fingerprint density at radius 3 is 2.41 bits per heavy atom. The van der Waals surface area contributed by atoms with Crippen LogP contribution in [0.25, 0.3) is 11.4 Å². The monoisotopic (exact) mass is 436 g/mol. The molecule has 4 rings (SSSR count). The van der Waals surface area contributed by atoms with Crippen LogP contribution in [0.1, 0.15) is 76.0 Å². The van der Waals surface area contributed by atoms with Crippen LogP contribution in [0.5, 0.6) is 0 Å². The fraction of sp³-hybridized carbons (Fsp3) is 0.577. The molecule has 1 fully saturated rings. The van der Waals surface area contributed by atoms with E-state index in [2.05, 4.69) is 16.8 Å². The molecule has 1 N–H and O–H groups in total. The standard InChI is InChI=1S/C26H36N4O2/c1-18(19-11-7-5-8-12-19)27-24(31)22-21-17-29(25(32)26(2,3)4)15-16-30(21)23(28-22)20-13-9-6-10-14-20/h6,9-10,13-14,18-19H,5,7-8,11-12,15-17H2,1-4H3,(H,27,31). The largest absolute Gasteiger partial charge is 0.348 e. The van der Waals surface area contributed by atoms with Crippen molar-refractivity contribution in [2.45, 2.75) is 78.9 Å². The number of aromatic nitrogens is 2. The summed E-state index contributed by atoms with van der Waals surface area (Å²) < 4.78 is 2.13. The van der Waals surface area contributed by atoms with Gasteiger partial charge < -0.3 is 14.8 Å². The molecule has 0 spiro atoms. The molecule has 32 heavy (non-hydrogen) atoms. The van der Waals surface area contributed by atoms with Crippen LogP contribution in [0.4, 0.5) is 0 Å². The summed E-state index contributed by atoms with van der Waals surface area (Å²) in [6.45, 7) is 9.61. The molecule has 1 atom stereocenters. The molecule has 1 aliphatic heterocycles. The normalized spacial score (nSPS) is 18.2. The van der Waals surface area contributed by atoms with E-state index in [0.29, 0.717) is 31.2 Å². The number of rotatable bonds is 4. The molecule has 0 saturated heterocycles. The zero-order valence-corrected chi connectivity index (χ0v) is 19.9. The minimum Gasteiger partial charge on any atom is -0.348 e. The summed E-state index contributed by atoms with van der Waals surface area (Å²) >= 11 is 0. The third-order valence-corrected chi connectivity index (χ3v) is 6.90. The molecule has 1 aromatic heterocycles. The van der Waals surface area contributed by atoms with E-state index in [1.165, 1.54) is 32.1 Å². The van der Waals surface area contributed by atoms with E-state index in [9.17, 15) is 9.59 Å². The summed E-state index contributed by atoms with van der Waals surface area (Å²) in [7, 11) is 0. The Balaban J connectivity index is 1.65. The van der Waals surface area contributed by atoms with Crippen molar-refractivity contribution in [2.75, 3.05) is 6.54 Å². The number of benzene rings is 1. The molecule has 1 unspecified atom stereocenters. The van der Waals surface area contributed by atoms with Crippen LogP contribution in [-0.2, 0) is 17.9 Å². The number of amides is 2. The molecule has 1 saturated carbocycles. The fourth-order valence-corrected chi connectivity index (χ4v) is 5.03. The number of imidazole rings is 1. The second-order valence-corrected chi connectivity index (χ2v) is 10.4. The zero-order valence-electron chi connectivity index (χ0n) is 19.9. The Morgan fingerprint density at radius 2 is 1.75 bits per heavy atom. The number of nitrogens with one attached hydrogen (secondary N) is 1. The van der Waals surface area contributed by atoms with Gasteiger partial charge in [0.2, 0.25) is 5.91 Å². The average Bonchev–Trinajstić information content (AvgIpc) is 3.18. The lowest BCUT2D eigenvalue weighted by Crippen LogP contribution is -2.45. The number of carbonyl (C=O) groups excluding carboxylic acids is 2. The topological polar surface area (TPSA) is 67.2 Å². The van der Waals surface area contributed by atoms with Crippen molar-refractivity contribution in [3.05, 3.63) is 41.7 Å². The Bertz CT molecular complexity index is 968. The Kier molecular flexibility index (Phi) is 6.40. The number of carbonyl (C=O) groups is 2. The molecule has 6 heteroatoms. The van der Waals surface area contributed by atoms with Crippen LogP contribution in [0.2, 0.25) is 0 Å². The molecule has 1 aromatic carbocycles. The summed E-state index contributed by atoms with van der Waals surface area (Å²) in [6.07, 6.45) is 6.13.